The van der Waals surface area contributed by atoms with Crippen molar-refractivity contribution in [1.82, 2.24) is 9.29 Å². The second-order valence-corrected chi connectivity index (χ2v) is 10.0. The fourth-order valence-corrected chi connectivity index (χ4v) is 6.17. The molecule has 2 heterocycles. The van der Waals surface area contributed by atoms with E-state index in [4.69, 9.17) is 11.0 Å². The normalized spacial score (nSPS) is 24.1. The number of fused-ring (bicyclic) bond motifs is 3. The Labute approximate surface area is 180 Å². The van der Waals surface area contributed by atoms with Crippen molar-refractivity contribution < 1.29 is 13.2 Å². The van der Waals surface area contributed by atoms with Gasteiger partial charge >= 0.3 is 0 Å². The van der Waals surface area contributed by atoms with Crippen LogP contribution in [0.2, 0.25) is 0 Å². The molecule has 10 heteroatoms. The van der Waals surface area contributed by atoms with E-state index in [0.29, 0.717) is 30.5 Å². The maximum atomic E-state index is 13.1. The van der Waals surface area contributed by atoms with Crippen LogP contribution in [0.3, 0.4) is 0 Å². The van der Waals surface area contributed by atoms with E-state index >= 15 is 0 Å². The quantitative estimate of drug-likeness (QED) is 0.731. The van der Waals surface area contributed by atoms with Crippen molar-refractivity contribution in [3.8, 4) is 6.07 Å². The average molecular weight is 439 g/mol. The molecule has 0 saturated heterocycles. The third-order valence-electron chi connectivity index (χ3n) is 5.99. The van der Waals surface area contributed by atoms with Crippen molar-refractivity contribution in [3.05, 3.63) is 58.9 Å². The number of benzene rings is 1. The number of carbonyl (C=O) groups is 1. The topological polar surface area (TPSA) is 142 Å². The monoisotopic (exact) mass is 438 g/mol. The molecule has 0 bridgehead atoms. The van der Waals surface area contributed by atoms with Gasteiger partial charge in [0.05, 0.1) is 5.56 Å². The van der Waals surface area contributed by atoms with Crippen molar-refractivity contribution >= 4 is 27.6 Å². The Morgan fingerprint density at radius 1 is 1.35 bits per heavy atom. The van der Waals surface area contributed by atoms with Crippen LogP contribution in [0, 0.1) is 11.3 Å². The van der Waals surface area contributed by atoms with Gasteiger partial charge in [0, 0.05) is 18.9 Å². The molecule has 0 spiro atoms. The van der Waals surface area contributed by atoms with E-state index in [1.165, 1.54) is 25.4 Å². The number of sulfonamides is 1. The number of nitriles is 1. The maximum absolute atomic E-state index is 13.1. The van der Waals surface area contributed by atoms with Gasteiger partial charge in [-0.2, -0.15) is 5.26 Å². The standard InChI is InChI=1S/C21H22N6O3S/c1-21-16-10-15(25-19(28)17-9-6-13(11-22)12-24-17)8-7-14(16)4-3-5-18(21)31(29,30)27(2)20(23)26-21/h6-10,12,18H,3-5H2,1-2H3,(H2,23,26)(H,25,28)/t18-,21+/m0/s1. The number of rotatable bonds is 2. The molecule has 9 nitrogen and oxygen atoms in total. The highest BCUT2D eigenvalue weighted by Crippen LogP contribution is 2.44. The van der Waals surface area contributed by atoms with Crippen LogP contribution in [0.5, 0.6) is 0 Å². The largest absolute Gasteiger partial charge is 0.369 e. The lowest BCUT2D eigenvalue weighted by Crippen LogP contribution is -2.56. The number of anilines is 1. The van der Waals surface area contributed by atoms with Gasteiger partial charge in [-0.05, 0) is 61.6 Å². The molecule has 3 N–H and O–H groups in total. The third-order valence-corrected chi connectivity index (χ3v) is 8.35. The number of nitrogens with one attached hydrogen (secondary N) is 1. The smallest absolute Gasteiger partial charge is 0.274 e. The zero-order valence-electron chi connectivity index (χ0n) is 17.2. The summed E-state index contributed by atoms with van der Waals surface area (Å²) in [7, 11) is -2.25. The van der Waals surface area contributed by atoms with Gasteiger partial charge in [-0.15, -0.1) is 0 Å². The number of aromatic nitrogens is 1. The van der Waals surface area contributed by atoms with Gasteiger partial charge in [0.15, 0.2) is 0 Å². The predicted octanol–water partition coefficient (Wildman–Crippen LogP) is 1.72. The second kappa shape index (κ2) is 7.35. The van der Waals surface area contributed by atoms with Crippen LogP contribution in [0.1, 0.15) is 46.9 Å². The van der Waals surface area contributed by atoms with Crippen molar-refractivity contribution in [2.45, 2.75) is 37.0 Å². The fourth-order valence-electron chi connectivity index (χ4n) is 4.27. The van der Waals surface area contributed by atoms with Crippen LogP contribution in [0.25, 0.3) is 0 Å². The second-order valence-electron chi connectivity index (χ2n) is 7.88. The molecule has 1 amide bonds. The Balaban J connectivity index is 1.73. The van der Waals surface area contributed by atoms with E-state index in [0.717, 1.165) is 15.4 Å². The molecular formula is C21H22N6O3S. The van der Waals surface area contributed by atoms with Gasteiger partial charge in [-0.25, -0.2) is 22.7 Å². The van der Waals surface area contributed by atoms with Crippen LogP contribution in [-0.2, 0) is 22.0 Å². The minimum absolute atomic E-state index is 0.0529. The third kappa shape index (κ3) is 3.41. The van der Waals surface area contributed by atoms with E-state index in [1.54, 1.807) is 19.1 Å². The lowest BCUT2D eigenvalue weighted by Gasteiger charge is -2.41. The fraction of sp³-hybridized carbons (Fsp3) is 0.333. The summed E-state index contributed by atoms with van der Waals surface area (Å²) in [4.78, 5) is 21.2. The minimum atomic E-state index is -3.67. The summed E-state index contributed by atoms with van der Waals surface area (Å²) in [5.41, 5.74) is 7.66. The predicted molar refractivity (Wildman–Crippen MR) is 116 cm³/mol. The first-order valence-corrected chi connectivity index (χ1v) is 11.3. The van der Waals surface area contributed by atoms with Gasteiger partial charge in [0.1, 0.15) is 22.6 Å². The Kier molecular flexibility index (Phi) is 4.94. The van der Waals surface area contributed by atoms with E-state index in [2.05, 4.69) is 15.3 Å². The summed E-state index contributed by atoms with van der Waals surface area (Å²) in [5.74, 6) is -0.485. The van der Waals surface area contributed by atoms with Crippen molar-refractivity contribution in [1.29, 1.82) is 5.26 Å². The number of nitrogens with two attached hydrogens (primary N) is 1. The van der Waals surface area contributed by atoms with Crippen molar-refractivity contribution in [2.24, 2.45) is 10.7 Å². The lowest BCUT2D eigenvalue weighted by atomic mass is 9.86. The number of guanidine groups is 1. The van der Waals surface area contributed by atoms with Gasteiger partial charge in [0.25, 0.3) is 5.91 Å². The van der Waals surface area contributed by atoms with E-state index in [-0.39, 0.29) is 11.7 Å². The summed E-state index contributed by atoms with van der Waals surface area (Å²) in [6.07, 6.45) is 3.21. The van der Waals surface area contributed by atoms with Gasteiger partial charge < -0.3 is 11.1 Å². The first-order valence-electron chi connectivity index (χ1n) is 9.81. The SMILES string of the molecule is CN1C(N)=N[C@]2(C)c3cc(NC(=O)c4ccc(C#N)cn4)ccc3CCC[C@@H]2S1(=O)=O. The molecule has 1 aliphatic carbocycles. The maximum Gasteiger partial charge on any atom is 0.274 e. The summed E-state index contributed by atoms with van der Waals surface area (Å²) in [5, 5.41) is 10.9. The number of hydrogen-bond donors (Lipinski definition) is 2. The summed E-state index contributed by atoms with van der Waals surface area (Å²) >= 11 is 0. The van der Waals surface area contributed by atoms with Gasteiger partial charge in [-0.3, -0.25) is 4.79 Å². The highest BCUT2D eigenvalue weighted by Gasteiger charge is 2.51. The van der Waals surface area contributed by atoms with Gasteiger partial charge in [0.2, 0.25) is 16.0 Å². The summed E-state index contributed by atoms with van der Waals surface area (Å²) < 4.78 is 27.2. The van der Waals surface area contributed by atoms with E-state index < -0.39 is 26.7 Å². The number of nitrogens with zero attached hydrogens (tertiary/aromatic N) is 4. The molecule has 1 aliphatic heterocycles. The molecule has 1 aromatic heterocycles. The summed E-state index contributed by atoms with van der Waals surface area (Å²) in [6.45, 7) is 1.78. The number of aliphatic imine (C=N–C) groups is 1. The molecule has 0 saturated carbocycles. The molecule has 4 rings (SSSR count). The van der Waals surface area contributed by atoms with Crippen molar-refractivity contribution in [2.75, 3.05) is 12.4 Å². The molecule has 2 atom stereocenters. The molecular weight excluding hydrogens is 416 g/mol. The van der Waals surface area contributed by atoms with E-state index in [9.17, 15) is 13.2 Å². The molecule has 2 aliphatic rings. The van der Waals surface area contributed by atoms with Crippen LogP contribution in [-0.4, -0.2) is 41.9 Å². The lowest BCUT2D eigenvalue weighted by molar-refractivity contribution is 0.102. The minimum Gasteiger partial charge on any atom is -0.369 e. The molecule has 0 radical (unpaired) electrons. The zero-order chi connectivity index (χ0) is 22.4. The molecule has 2 aromatic rings. The first-order chi connectivity index (χ1) is 14.7. The van der Waals surface area contributed by atoms with Gasteiger partial charge in [-0.1, -0.05) is 6.07 Å². The first kappa shape index (κ1) is 20.8. The number of aryl methyl sites for hydroxylation is 1. The number of pyridine rings is 1. The van der Waals surface area contributed by atoms with E-state index in [1.807, 2.05) is 12.1 Å². The molecule has 0 unspecified atom stereocenters. The molecule has 160 valence electrons. The highest BCUT2D eigenvalue weighted by atomic mass is 32.2. The Morgan fingerprint density at radius 2 is 2.13 bits per heavy atom. The number of amides is 1. The Morgan fingerprint density at radius 3 is 2.81 bits per heavy atom. The average Bonchev–Trinajstić information content (AvgIpc) is 2.89. The zero-order valence-corrected chi connectivity index (χ0v) is 18.0. The number of hydrogen-bond acceptors (Lipinski definition) is 7. The molecule has 1 aromatic carbocycles. The van der Waals surface area contributed by atoms with Crippen molar-refractivity contribution in [3.63, 3.8) is 0 Å². The molecule has 0 fully saturated rings. The summed E-state index contributed by atoms with van der Waals surface area (Å²) in [6, 6.07) is 10.4. The van der Waals surface area contributed by atoms with Crippen LogP contribution < -0.4 is 11.1 Å². The van der Waals surface area contributed by atoms with Crippen LogP contribution in [0.15, 0.2) is 41.5 Å². The molecule has 31 heavy (non-hydrogen) atoms. The van der Waals surface area contributed by atoms with Crippen LogP contribution in [0.4, 0.5) is 5.69 Å². The number of carbonyl (C=O) groups excluding carboxylic acids is 1. The Bertz CT molecular complexity index is 1230. The van der Waals surface area contributed by atoms with Crippen LogP contribution >= 0.6 is 0 Å². The Hall–Kier alpha value is -3.45. The highest BCUT2D eigenvalue weighted by molar-refractivity contribution is 7.90.